The van der Waals surface area contributed by atoms with Crippen LogP contribution in [0.15, 0.2) is 47.6 Å². The predicted octanol–water partition coefficient (Wildman–Crippen LogP) is 3.73. The van der Waals surface area contributed by atoms with Crippen LogP contribution in [0.4, 0.5) is 5.69 Å². The second-order valence-corrected chi connectivity index (χ2v) is 6.42. The highest BCUT2D eigenvalue weighted by Gasteiger charge is 2.22. The van der Waals surface area contributed by atoms with Crippen LogP contribution in [-0.4, -0.2) is 16.3 Å². The van der Waals surface area contributed by atoms with Crippen LogP contribution in [-0.2, 0) is 6.42 Å². The highest BCUT2D eigenvalue weighted by Crippen LogP contribution is 2.30. The molecule has 1 atom stereocenters. The number of hydrogen-bond acceptors (Lipinski definition) is 4. The Morgan fingerprint density at radius 3 is 2.96 bits per heavy atom. The minimum Gasteiger partial charge on any atom is -0.354 e. The number of nitrogens with zero attached hydrogens (tertiary/aromatic N) is 2. The van der Waals surface area contributed by atoms with Gasteiger partial charge in [0, 0.05) is 11.6 Å². The first-order valence-corrected chi connectivity index (χ1v) is 8.44. The molecule has 2 aromatic rings. The van der Waals surface area contributed by atoms with E-state index in [9.17, 15) is 10.1 Å². The molecule has 2 aromatic carbocycles. The summed E-state index contributed by atoms with van der Waals surface area (Å²) in [6.07, 6.45) is 3.46. The molecular formula is C17H15ClN4O2S. The van der Waals surface area contributed by atoms with E-state index in [0.717, 1.165) is 12.8 Å². The van der Waals surface area contributed by atoms with Crippen molar-refractivity contribution >= 4 is 40.8 Å². The Kier molecular flexibility index (Phi) is 5.25. The minimum atomic E-state index is -0.531. The number of fused-ring (bicyclic) bond motifs is 1. The van der Waals surface area contributed by atoms with Crippen molar-refractivity contribution in [3.05, 3.63) is 74.3 Å². The van der Waals surface area contributed by atoms with E-state index in [1.165, 1.54) is 29.5 Å². The molecule has 1 unspecified atom stereocenters. The number of benzene rings is 2. The lowest BCUT2D eigenvalue weighted by Gasteiger charge is -2.15. The molecule has 0 saturated carbocycles. The van der Waals surface area contributed by atoms with E-state index in [1.54, 1.807) is 6.07 Å². The molecule has 3 rings (SSSR count). The van der Waals surface area contributed by atoms with Crippen molar-refractivity contribution in [3.8, 4) is 0 Å². The standard InChI is InChI=1S/C17H15ClN4O2S/c18-14-7-5-11(9-16(14)22(23)24)10-19-21-17(25)20-15-8-6-12-3-1-2-4-13(12)15/h1-5,7,9-10,15H,6,8H2,(H2,20,21,25)/b19-10+. The van der Waals surface area contributed by atoms with Crippen LogP contribution in [0.5, 0.6) is 0 Å². The number of thiocarbonyl (C=S) groups is 1. The molecular weight excluding hydrogens is 360 g/mol. The molecule has 25 heavy (non-hydrogen) atoms. The number of halogens is 1. The van der Waals surface area contributed by atoms with E-state index in [1.807, 2.05) is 12.1 Å². The van der Waals surface area contributed by atoms with Crippen LogP contribution < -0.4 is 10.7 Å². The van der Waals surface area contributed by atoms with Gasteiger partial charge < -0.3 is 5.32 Å². The summed E-state index contributed by atoms with van der Waals surface area (Å²) < 4.78 is 0. The second-order valence-electron chi connectivity index (χ2n) is 5.60. The van der Waals surface area contributed by atoms with Gasteiger partial charge in [-0.05, 0) is 42.3 Å². The first-order chi connectivity index (χ1) is 12.0. The van der Waals surface area contributed by atoms with Gasteiger partial charge in [-0.15, -0.1) is 0 Å². The highest BCUT2D eigenvalue weighted by atomic mass is 35.5. The van der Waals surface area contributed by atoms with Crippen LogP contribution in [0.3, 0.4) is 0 Å². The topological polar surface area (TPSA) is 79.6 Å². The Morgan fingerprint density at radius 1 is 1.36 bits per heavy atom. The predicted molar refractivity (Wildman–Crippen MR) is 102 cm³/mol. The summed E-state index contributed by atoms with van der Waals surface area (Å²) in [7, 11) is 0. The summed E-state index contributed by atoms with van der Waals surface area (Å²) in [6, 6.07) is 12.9. The Hall–Kier alpha value is -2.51. The highest BCUT2D eigenvalue weighted by molar-refractivity contribution is 7.80. The Bertz CT molecular complexity index is 856. The summed E-state index contributed by atoms with van der Waals surface area (Å²) >= 11 is 11.0. The van der Waals surface area contributed by atoms with Crippen molar-refractivity contribution in [1.29, 1.82) is 0 Å². The monoisotopic (exact) mass is 374 g/mol. The van der Waals surface area contributed by atoms with E-state index in [-0.39, 0.29) is 16.8 Å². The third kappa shape index (κ3) is 4.12. The van der Waals surface area contributed by atoms with Crippen LogP contribution in [0.2, 0.25) is 5.02 Å². The van der Waals surface area contributed by atoms with Gasteiger partial charge in [0.1, 0.15) is 5.02 Å². The van der Waals surface area contributed by atoms with Gasteiger partial charge in [0.15, 0.2) is 5.11 Å². The number of nitro groups is 1. The molecule has 0 amide bonds. The maximum absolute atomic E-state index is 10.9. The van der Waals surface area contributed by atoms with Gasteiger partial charge in [0.2, 0.25) is 0 Å². The van der Waals surface area contributed by atoms with Crippen LogP contribution >= 0.6 is 23.8 Å². The lowest BCUT2D eigenvalue weighted by atomic mass is 10.1. The molecule has 0 heterocycles. The van der Waals surface area contributed by atoms with Gasteiger partial charge in [-0.3, -0.25) is 15.5 Å². The number of hydrazone groups is 1. The molecule has 128 valence electrons. The molecule has 0 saturated heterocycles. The van der Waals surface area contributed by atoms with Crippen molar-refractivity contribution in [2.75, 3.05) is 0 Å². The maximum Gasteiger partial charge on any atom is 0.288 e. The summed E-state index contributed by atoms with van der Waals surface area (Å²) in [6.45, 7) is 0. The number of aryl methyl sites for hydroxylation is 1. The van der Waals surface area contributed by atoms with E-state index in [2.05, 4.69) is 28.0 Å². The van der Waals surface area contributed by atoms with Gasteiger partial charge in [0.25, 0.3) is 5.69 Å². The fraction of sp³-hybridized carbons (Fsp3) is 0.176. The molecule has 0 radical (unpaired) electrons. The number of nitro benzene ring substituents is 1. The fourth-order valence-corrected chi connectivity index (χ4v) is 3.19. The first kappa shape index (κ1) is 17.3. The summed E-state index contributed by atoms with van der Waals surface area (Å²) in [5.74, 6) is 0. The smallest absolute Gasteiger partial charge is 0.288 e. The summed E-state index contributed by atoms with van der Waals surface area (Å²) in [5.41, 5.74) is 5.72. The summed E-state index contributed by atoms with van der Waals surface area (Å²) in [4.78, 5) is 10.3. The van der Waals surface area contributed by atoms with Crippen molar-refractivity contribution in [2.45, 2.75) is 18.9 Å². The van der Waals surface area contributed by atoms with E-state index < -0.39 is 4.92 Å². The molecule has 0 aliphatic heterocycles. The Morgan fingerprint density at radius 2 is 2.16 bits per heavy atom. The molecule has 1 aliphatic rings. The molecule has 1 aliphatic carbocycles. The van der Waals surface area contributed by atoms with Crippen molar-refractivity contribution in [2.24, 2.45) is 5.10 Å². The SMILES string of the molecule is O=[N+]([O-])c1cc(/C=N/NC(=S)NC2CCc3ccccc32)ccc1Cl. The number of hydrogen-bond donors (Lipinski definition) is 2. The van der Waals surface area contributed by atoms with Crippen LogP contribution in [0.25, 0.3) is 0 Å². The largest absolute Gasteiger partial charge is 0.354 e. The molecule has 6 nitrogen and oxygen atoms in total. The zero-order valence-corrected chi connectivity index (χ0v) is 14.7. The van der Waals surface area contributed by atoms with Crippen molar-refractivity contribution in [1.82, 2.24) is 10.7 Å². The van der Waals surface area contributed by atoms with E-state index in [4.69, 9.17) is 23.8 Å². The lowest BCUT2D eigenvalue weighted by molar-refractivity contribution is -0.384. The lowest BCUT2D eigenvalue weighted by Crippen LogP contribution is -2.34. The zero-order valence-electron chi connectivity index (χ0n) is 13.1. The van der Waals surface area contributed by atoms with Gasteiger partial charge >= 0.3 is 0 Å². The first-order valence-electron chi connectivity index (χ1n) is 7.66. The van der Waals surface area contributed by atoms with Gasteiger partial charge in [-0.1, -0.05) is 41.9 Å². The van der Waals surface area contributed by atoms with Crippen molar-refractivity contribution in [3.63, 3.8) is 0 Å². The average molecular weight is 375 g/mol. The fourth-order valence-electron chi connectivity index (χ4n) is 2.81. The molecule has 8 heteroatoms. The van der Waals surface area contributed by atoms with Crippen molar-refractivity contribution < 1.29 is 4.92 Å². The second kappa shape index (κ2) is 7.58. The van der Waals surface area contributed by atoms with E-state index >= 15 is 0 Å². The molecule has 0 spiro atoms. The number of nitrogens with one attached hydrogen (secondary N) is 2. The Labute approximate surface area is 155 Å². The van der Waals surface area contributed by atoms with Crippen LogP contribution in [0.1, 0.15) is 29.2 Å². The van der Waals surface area contributed by atoms with Crippen LogP contribution in [0, 0.1) is 10.1 Å². The Balaban J connectivity index is 1.59. The average Bonchev–Trinajstić information content (AvgIpc) is 2.99. The summed E-state index contributed by atoms with van der Waals surface area (Å²) in [5, 5.41) is 18.6. The maximum atomic E-state index is 10.9. The van der Waals surface area contributed by atoms with Gasteiger partial charge in [-0.2, -0.15) is 5.10 Å². The minimum absolute atomic E-state index is 0.0900. The number of rotatable bonds is 4. The molecule has 2 N–H and O–H groups in total. The molecule has 0 fully saturated rings. The van der Waals surface area contributed by atoms with Gasteiger partial charge in [-0.25, -0.2) is 0 Å². The zero-order chi connectivity index (χ0) is 17.8. The third-order valence-electron chi connectivity index (χ3n) is 3.98. The normalized spacial score (nSPS) is 15.8. The van der Waals surface area contributed by atoms with E-state index in [0.29, 0.717) is 10.7 Å². The molecule has 0 bridgehead atoms. The third-order valence-corrected chi connectivity index (χ3v) is 4.51. The quantitative estimate of drug-likeness (QED) is 0.369. The molecule has 0 aromatic heterocycles. The van der Waals surface area contributed by atoms with Gasteiger partial charge in [0.05, 0.1) is 17.2 Å².